The van der Waals surface area contributed by atoms with Gasteiger partial charge in [-0.25, -0.2) is 0 Å². The fraction of sp³-hybridized carbons (Fsp3) is 0.611. The second kappa shape index (κ2) is 8.18. The highest BCUT2D eigenvalue weighted by atomic mass is 16.2. The van der Waals surface area contributed by atoms with Crippen LogP contribution in [0.1, 0.15) is 64.1 Å². The summed E-state index contributed by atoms with van der Waals surface area (Å²) < 4.78 is 0. The average Bonchev–Trinajstić information content (AvgIpc) is 2.82. The molecule has 0 saturated carbocycles. The lowest BCUT2D eigenvalue weighted by molar-refractivity contribution is -0.130. The molecule has 1 saturated heterocycles. The van der Waals surface area contributed by atoms with E-state index in [1.165, 1.54) is 24.8 Å². The number of nitrogens with zero attached hydrogens (tertiary/aromatic N) is 1. The van der Waals surface area contributed by atoms with Gasteiger partial charge in [0, 0.05) is 6.54 Å². The molecule has 0 aliphatic carbocycles. The van der Waals surface area contributed by atoms with Crippen LogP contribution in [0.25, 0.3) is 0 Å². The first-order valence-electron chi connectivity index (χ1n) is 8.39. The summed E-state index contributed by atoms with van der Waals surface area (Å²) in [6.07, 6.45) is 6.81. The summed E-state index contributed by atoms with van der Waals surface area (Å²) in [7, 11) is 0. The Morgan fingerprint density at radius 1 is 1.05 bits per heavy atom. The van der Waals surface area contributed by atoms with Gasteiger partial charge in [-0.1, -0.05) is 69.9 Å². The number of hydrogen-bond acceptors (Lipinski definition) is 2. The number of carbonyl (C=O) groups is 1. The van der Waals surface area contributed by atoms with Crippen molar-refractivity contribution in [2.45, 2.75) is 64.6 Å². The zero-order valence-corrected chi connectivity index (χ0v) is 13.3. The SMILES string of the molecule is CCCCCCN1C(=O)C(CCC)NC1c1ccccc1. The maximum atomic E-state index is 12.6. The minimum atomic E-state index is -0.00798. The third-order valence-corrected chi connectivity index (χ3v) is 4.20. The number of nitrogens with one attached hydrogen (secondary N) is 1. The Morgan fingerprint density at radius 2 is 1.81 bits per heavy atom. The molecule has 1 aromatic carbocycles. The van der Waals surface area contributed by atoms with E-state index >= 15 is 0 Å². The number of benzene rings is 1. The molecule has 3 heteroatoms. The summed E-state index contributed by atoms with van der Waals surface area (Å²) >= 11 is 0. The predicted octanol–water partition coefficient (Wildman–Crippen LogP) is 3.87. The third-order valence-electron chi connectivity index (χ3n) is 4.20. The Balaban J connectivity index is 2.06. The van der Waals surface area contributed by atoms with Crippen LogP contribution >= 0.6 is 0 Å². The van der Waals surface area contributed by atoms with E-state index < -0.39 is 0 Å². The van der Waals surface area contributed by atoms with Crippen molar-refractivity contribution in [2.24, 2.45) is 0 Å². The summed E-state index contributed by atoms with van der Waals surface area (Å²) in [4.78, 5) is 14.7. The first-order valence-corrected chi connectivity index (χ1v) is 8.39. The summed E-state index contributed by atoms with van der Waals surface area (Å²) in [5.74, 6) is 0.280. The van der Waals surface area contributed by atoms with Gasteiger partial charge in [-0.05, 0) is 18.4 Å². The highest BCUT2D eigenvalue weighted by molar-refractivity contribution is 5.84. The van der Waals surface area contributed by atoms with Gasteiger partial charge in [-0.3, -0.25) is 10.1 Å². The standard InChI is InChI=1S/C18H28N2O/c1-3-5-6-10-14-20-17(15-12-8-7-9-13-15)19-16(11-4-2)18(20)21/h7-9,12-13,16-17,19H,3-6,10-11,14H2,1-2H3. The first kappa shape index (κ1) is 16.0. The molecule has 1 fully saturated rings. The van der Waals surface area contributed by atoms with Crippen LogP contribution in [0.2, 0.25) is 0 Å². The molecule has 1 N–H and O–H groups in total. The quantitative estimate of drug-likeness (QED) is 0.737. The Kier molecular flexibility index (Phi) is 6.24. The molecule has 0 radical (unpaired) electrons. The topological polar surface area (TPSA) is 32.3 Å². The monoisotopic (exact) mass is 288 g/mol. The van der Waals surface area contributed by atoms with E-state index in [0.29, 0.717) is 0 Å². The van der Waals surface area contributed by atoms with Crippen LogP contribution < -0.4 is 5.32 Å². The minimum absolute atomic E-state index is 0.00798. The summed E-state index contributed by atoms with van der Waals surface area (Å²) in [5, 5.41) is 3.53. The van der Waals surface area contributed by atoms with Gasteiger partial charge in [0.25, 0.3) is 0 Å². The van der Waals surface area contributed by atoms with Crippen LogP contribution in [-0.2, 0) is 4.79 Å². The zero-order valence-electron chi connectivity index (χ0n) is 13.3. The number of rotatable bonds is 8. The van der Waals surface area contributed by atoms with Gasteiger partial charge in [-0.15, -0.1) is 0 Å². The highest BCUT2D eigenvalue weighted by Crippen LogP contribution is 2.27. The molecule has 0 bridgehead atoms. The fourth-order valence-corrected chi connectivity index (χ4v) is 3.03. The van der Waals surface area contributed by atoms with Crippen molar-refractivity contribution in [1.82, 2.24) is 10.2 Å². The van der Waals surface area contributed by atoms with Crippen molar-refractivity contribution in [2.75, 3.05) is 6.54 Å². The highest BCUT2D eigenvalue weighted by Gasteiger charge is 2.38. The van der Waals surface area contributed by atoms with Gasteiger partial charge < -0.3 is 4.90 Å². The molecule has 1 aliphatic heterocycles. The maximum Gasteiger partial charge on any atom is 0.241 e. The predicted molar refractivity (Wildman–Crippen MR) is 86.9 cm³/mol. The molecule has 1 aliphatic rings. The summed E-state index contributed by atoms with van der Waals surface area (Å²) in [5.41, 5.74) is 1.19. The van der Waals surface area contributed by atoms with E-state index in [1.807, 2.05) is 23.1 Å². The Hall–Kier alpha value is -1.35. The molecule has 2 rings (SSSR count). The molecule has 116 valence electrons. The lowest BCUT2D eigenvalue weighted by atomic mass is 10.1. The Bertz CT molecular complexity index is 432. The molecule has 2 unspecified atom stereocenters. The van der Waals surface area contributed by atoms with Crippen molar-refractivity contribution < 1.29 is 4.79 Å². The molecule has 1 amide bonds. The molecule has 21 heavy (non-hydrogen) atoms. The van der Waals surface area contributed by atoms with Crippen LogP contribution in [0.3, 0.4) is 0 Å². The van der Waals surface area contributed by atoms with E-state index in [9.17, 15) is 4.79 Å². The summed E-state index contributed by atoms with van der Waals surface area (Å²) in [6.45, 7) is 5.22. The lowest BCUT2D eigenvalue weighted by Gasteiger charge is -2.24. The second-order valence-electron chi connectivity index (χ2n) is 5.91. The van der Waals surface area contributed by atoms with Crippen LogP contribution in [-0.4, -0.2) is 23.4 Å². The minimum Gasteiger partial charge on any atom is -0.322 e. The van der Waals surface area contributed by atoms with Crippen LogP contribution in [0.5, 0.6) is 0 Å². The molecular weight excluding hydrogens is 260 g/mol. The molecule has 3 nitrogen and oxygen atoms in total. The number of hydrogen-bond donors (Lipinski definition) is 1. The van der Waals surface area contributed by atoms with Gasteiger partial charge in [0.15, 0.2) is 0 Å². The molecule has 1 aromatic rings. The number of unbranched alkanes of at least 4 members (excludes halogenated alkanes) is 3. The van der Waals surface area contributed by atoms with E-state index in [1.54, 1.807) is 0 Å². The van der Waals surface area contributed by atoms with Crippen molar-refractivity contribution >= 4 is 5.91 Å². The van der Waals surface area contributed by atoms with Crippen LogP contribution in [0.15, 0.2) is 30.3 Å². The van der Waals surface area contributed by atoms with Crippen molar-refractivity contribution in [3.05, 3.63) is 35.9 Å². The average molecular weight is 288 g/mol. The van der Waals surface area contributed by atoms with Gasteiger partial charge in [0.05, 0.1) is 6.04 Å². The lowest BCUT2D eigenvalue weighted by Crippen LogP contribution is -2.32. The van der Waals surface area contributed by atoms with Gasteiger partial charge in [0.2, 0.25) is 5.91 Å². The maximum absolute atomic E-state index is 12.6. The Labute approximate surface area is 128 Å². The smallest absolute Gasteiger partial charge is 0.241 e. The van der Waals surface area contributed by atoms with Crippen LogP contribution in [0.4, 0.5) is 0 Å². The number of amides is 1. The van der Waals surface area contributed by atoms with E-state index in [0.717, 1.165) is 25.8 Å². The molecule has 0 spiro atoms. The molecule has 0 aromatic heterocycles. The molecule has 1 heterocycles. The van der Waals surface area contributed by atoms with Crippen molar-refractivity contribution in [3.8, 4) is 0 Å². The van der Waals surface area contributed by atoms with E-state index in [4.69, 9.17) is 0 Å². The fourth-order valence-electron chi connectivity index (χ4n) is 3.03. The Morgan fingerprint density at radius 3 is 2.48 bits per heavy atom. The second-order valence-corrected chi connectivity index (χ2v) is 5.91. The zero-order chi connectivity index (χ0) is 15.1. The van der Waals surface area contributed by atoms with Crippen LogP contribution in [0, 0.1) is 0 Å². The summed E-state index contributed by atoms with van der Waals surface area (Å²) in [6, 6.07) is 10.3. The van der Waals surface area contributed by atoms with E-state index in [2.05, 4.69) is 31.3 Å². The molecule has 2 atom stereocenters. The van der Waals surface area contributed by atoms with Crippen molar-refractivity contribution in [1.29, 1.82) is 0 Å². The number of carbonyl (C=O) groups excluding carboxylic acids is 1. The van der Waals surface area contributed by atoms with Gasteiger partial charge in [0.1, 0.15) is 6.17 Å². The third kappa shape index (κ3) is 4.07. The van der Waals surface area contributed by atoms with Crippen molar-refractivity contribution in [3.63, 3.8) is 0 Å². The van der Waals surface area contributed by atoms with Gasteiger partial charge in [-0.2, -0.15) is 0 Å². The van der Waals surface area contributed by atoms with Gasteiger partial charge >= 0.3 is 0 Å². The largest absolute Gasteiger partial charge is 0.322 e. The normalized spacial score (nSPS) is 22.0. The molecular formula is C18H28N2O. The van der Waals surface area contributed by atoms with E-state index in [-0.39, 0.29) is 18.1 Å². The first-order chi connectivity index (χ1) is 10.3.